The van der Waals surface area contributed by atoms with Crippen molar-refractivity contribution in [3.05, 3.63) is 47.7 Å². The third kappa shape index (κ3) is 7.31. The van der Waals surface area contributed by atoms with Gasteiger partial charge in [0.1, 0.15) is 29.0 Å². The zero-order valence-electron chi connectivity index (χ0n) is 31.9. The van der Waals surface area contributed by atoms with E-state index in [0.29, 0.717) is 76.7 Å². The first-order valence-electron chi connectivity index (χ1n) is 19.2. The number of para-hydroxylation sites is 1. The molecule has 2 aliphatic carbocycles. The Labute approximate surface area is 323 Å². The minimum atomic E-state index is -4.89. The van der Waals surface area contributed by atoms with Crippen molar-refractivity contribution >= 4 is 44.7 Å². The molecule has 56 heavy (non-hydrogen) atoms. The maximum atomic E-state index is 14.6. The summed E-state index contributed by atoms with van der Waals surface area (Å²) in [7, 11) is -4.06. The minimum Gasteiger partial charge on any atom is -0.483 e. The van der Waals surface area contributed by atoms with Gasteiger partial charge < -0.3 is 25.0 Å². The van der Waals surface area contributed by atoms with Gasteiger partial charge in [-0.2, -0.15) is 13.2 Å². The molecule has 3 N–H and O–H groups in total. The van der Waals surface area contributed by atoms with Gasteiger partial charge in [-0.05, 0) is 85.1 Å². The Bertz CT molecular complexity index is 2100. The number of amides is 4. The second-order valence-corrected chi connectivity index (χ2v) is 19.0. The van der Waals surface area contributed by atoms with Gasteiger partial charge in [0, 0.05) is 23.3 Å². The third-order valence-corrected chi connectivity index (χ3v) is 14.4. The fourth-order valence-electron chi connectivity index (χ4n) is 8.10. The molecule has 3 fully saturated rings. The number of fused-ring (bicyclic) bond motifs is 5. The average molecular weight is 804 g/mol. The van der Waals surface area contributed by atoms with Crippen molar-refractivity contribution < 1.29 is 50.2 Å². The lowest BCUT2D eigenvalue weighted by atomic mass is 9.87. The molecule has 1 saturated heterocycles. The number of pyridine rings is 1. The number of ether oxygens (including phenoxy) is 2. The smallest absolute Gasteiger partial charge is 0.427 e. The predicted octanol–water partition coefficient (Wildman–Crippen LogP) is 5.04. The number of hydrogen-bond donors (Lipinski definition) is 3. The molecule has 2 aromatic rings. The molecule has 5 aliphatic rings. The van der Waals surface area contributed by atoms with Crippen LogP contribution >= 0.6 is 0 Å². The fourth-order valence-corrected chi connectivity index (χ4v) is 9.42. The summed E-state index contributed by atoms with van der Waals surface area (Å²) in [4.78, 5) is 62.1. The van der Waals surface area contributed by atoms with E-state index in [4.69, 9.17) is 14.5 Å². The SMILES string of the molecule is Cc1nc2ccccc2c2c1O[C@]1(CC2)C[C@H]2C(=O)N[C@]3(C(=O)NS(=O)(=O)C4(C)CC4)C[C@@H]3/C=C\CCCCC[C@H](NC(=O)OC(C)(C)C(F)(F)F)C(=O)N2C1. The Kier molecular flexibility index (Phi) is 9.88. The third-order valence-electron chi connectivity index (χ3n) is 12.2. The number of nitrogens with one attached hydrogen (secondary N) is 3. The molecule has 1 aromatic carbocycles. The van der Waals surface area contributed by atoms with Crippen LogP contribution in [0, 0.1) is 12.8 Å². The number of hydrogen-bond acceptors (Lipinski definition) is 9. The molecule has 17 heteroatoms. The number of halogens is 3. The lowest BCUT2D eigenvalue weighted by Gasteiger charge is -2.36. The second-order valence-electron chi connectivity index (χ2n) is 16.8. The Morgan fingerprint density at radius 3 is 2.52 bits per heavy atom. The number of aromatic nitrogens is 1. The molecular formula is C39H48F3N5O8S. The largest absolute Gasteiger partial charge is 0.483 e. The van der Waals surface area contributed by atoms with E-state index in [-0.39, 0.29) is 25.8 Å². The second kappa shape index (κ2) is 13.9. The van der Waals surface area contributed by atoms with E-state index in [0.717, 1.165) is 16.5 Å². The number of allylic oxidation sites excluding steroid dienone is 1. The number of rotatable bonds is 5. The van der Waals surface area contributed by atoms with E-state index in [2.05, 4.69) is 15.4 Å². The molecule has 304 valence electrons. The Morgan fingerprint density at radius 1 is 1.07 bits per heavy atom. The molecule has 5 atom stereocenters. The number of sulfonamides is 1. The van der Waals surface area contributed by atoms with Gasteiger partial charge in [-0.1, -0.05) is 43.2 Å². The molecule has 3 aliphatic heterocycles. The van der Waals surface area contributed by atoms with E-state index < -0.39 is 79.5 Å². The van der Waals surface area contributed by atoms with Crippen LogP contribution in [0.2, 0.25) is 0 Å². The summed E-state index contributed by atoms with van der Waals surface area (Å²) in [6.07, 6.45) is 1.41. The van der Waals surface area contributed by atoms with Crippen LogP contribution < -0.4 is 20.1 Å². The molecule has 4 heterocycles. The number of carbonyl (C=O) groups is 4. The van der Waals surface area contributed by atoms with E-state index in [1.54, 1.807) is 13.0 Å². The fraction of sp³-hybridized carbons (Fsp3) is 0.615. The van der Waals surface area contributed by atoms with Crippen LogP contribution in [-0.4, -0.2) is 88.4 Å². The molecule has 1 spiro atoms. The maximum Gasteiger partial charge on any atom is 0.427 e. The summed E-state index contributed by atoms with van der Waals surface area (Å²) in [5.74, 6) is -2.31. The molecular weight excluding hydrogens is 756 g/mol. The first kappa shape index (κ1) is 39.8. The van der Waals surface area contributed by atoms with Gasteiger partial charge in [0.25, 0.3) is 5.91 Å². The first-order chi connectivity index (χ1) is 26.2. The molecule has 0 radical (unpaired) electrons. The number of carbonyl (C=O) groups excluding carboxylic acids is 4. The van der Waals surface area contributed by atoms with Crippen LogP contribution in [0.5, 0.6) is 5.75 Å². The van der Waals surface area contributed by atoms with Crippen LogP contribution in [0.1, 0.15) is 96.2 Å². The lowest BCUT2D eigenvalue weighted by molar-refractivity contribution is -0.244. The van der Waals surface area contributed by atoms with E-state index in [9.17, 15) is 40.8 Å². The zero-order valence-corrected chi connectivity index (χ0v) is 32.7. The van der Waals surface area contributed by atoms with E-state index >= 15 is 0 Å². The summed E-state index contributed by atoms with van der Waals surface area (Å²) < 4.78 is 80.0. The average Bonchev–Trinajstić information content (AvgIpc) is 4.01. The highest BCUT2D eigenvalue weighted by atomic mass is 32.2. The van der Waals surface area contributed by atoms with Crippen LogP contribution in [-0.2, 0) is 35.6 Å². The molecule has 13 nitrogen and oxygen atoms in total. The van der Waals surface area contributed by atoms with Crippen molar-refractivity contribution in [2.45, 2.75) is 138 Å². The van der Waals surface area contributed by atoms with Gasteiger partial charge >= 0.3 is 12.3 Å². The van der Waals surface area contributed by atoms with Crippen LogP contribution in [0.3, 0.4) is 0 Å². The molecule has 4 amide bonds. The van der Waals surface area contributed by atoms with E-state index in [1.165, 1.54) is 4.90 Å². The van der Waals surface area contributed by atoms with Crippen molar-refractivity contribution in [2.24, 2.45) is 5.92 Å². The number of benzene rings is 1. The highest BCUT2D eigenvalue weighted by Crippen LogP contribution is 2.49. The normalized spacial score (nSPS) is 29.7. The minimum absolute atomic E-state index is 0.0247. The Morgan fingerprint density at radius 2 is 1.80 bits per heavy atom. The van der Waals surface area contributed by atoms with Crippen LogP contribution in [0.15, 0.2) is 36.4 Å². The van der Waals surface area contributed by atoms with Crippen LogP contribution in [0.4, 0.5) is 18.0 Å². The van der Waals surface area contributed by atoms with Gasteiger partial charge in [0.05, 0.1) is 22.5 Å². The summed E-state index contributed by atoms with van der Waals surface area (Å²) >= 11 is 0. The summed E-state index contributed by atoms with van der Waals surface area (Å²) in [5, 5.41) is 6.11. The van der Waals surface area contributed by atoms with Gasteiger partial charge in [0.2, 0.25) is 27.4 Å². The maximum absolute atomic E-state index is 14.6. The number of alkyl halides is 3. The van der Waals surface area contributed by atoms with Gasteiger partial charge in [-0.15, -0.1) is 0 Å². The van der Waals surface area contributed by atoms with Crippen LogP contribution in [0.25, 0.3) is 10.9 Å². The zero-order chi connectivity index (χ0) is 40.5. The standard InChI is InChI=1S/C39H48F3N5O8S/c1-23-30-26(25-13-10-11-14-27(25)43-23)16-17-37(54-30)21-29-31(48)45-38(33(50)46-56(52,53)36(4)18-19-36)20-24(38)12-8-6-5-7-9-15-28(32(49)47(29)22-37)44-34(51)55-35(2,3)39(40,41)42/h8,10-14,24,28-29H,5-7,9,15-22H2,1-4H3,(H,44,51)(H,45,48)(H,46,50)/b12-8-/t24-,28-,29-,37+,38+/m0/s1. The highest BCUT2D eigenvalue weighted by molar-refractivity contribution is 7.91. The van der Waals surface area contributed by atoms with Gasteiger partial charge in [-0.25, -0.2) is 18.2 Å². The molecule has 7 rings (SSSR count). The van der Waals surface area contributed by atoms with Crippen molar-refractivity contribution in [1.29, 1.82) is 0 Å². The predicted molar refractivity (Wildman–Crippen MR) is 198 cm³/mol. The Hall–Kier alpha value is -4.41. The molecule has 0 unspecified atom stereocenters. The van der Waals surface area contributed by atoms with Gasteiger partial charge in [0.15, 0.2) is 0 Å². The van der Waals surface area contributed by atoms with Crippen molar-refractivity contribution in [1.82, 2.24) is 25.2 Å². The Balaban J connectivity index is 1.23. The number of aryl methyl sites for hydroxylation is 2. The van der Waals surface area contributed by atoms with Crippen molar-refractivity contribution in [3.8, 4) is 5.75 Å². The van der Waals surface area contributed by atoms with Crippen molar-refractivity contribution in [3.63, 3.8) is 0 Å². The quantitative estimate of drug-likeness (QED) is 0.351. The topological polar surface area (TPSA) is 173 Å². The van der Waals surface area contributed by atoms with Crippen molar-refractivity contribution in [2.75, 3.05) is 6.54 Å². The number of nitrogens with zero attached hydrogens (tertiary/aromatic N) is 2. The summed E-state index contributed by atoms with van der Waals surface area (Å²) in [5.41, 5.74) is -3.24. The summed E-state index contributed by atoms with van der Waals surface area (Å²) in [6, 6.07) is 5.01. The monoisotopic (exact) mass is 803 g/mol. The van der Waals surface area contributed by atoms with E-state index in [1.807, 2.05) is 37.3 Å². The highest BCUT2D eigenvalue weighted by Gasteiger charge is 2.64. The molecule has 2 saturated carbocycles. The number of alkyl carbamates (subject to hydrolysis) is 1. The van der Waals surface area contributed by atoms with Gasteiger partial charge in [-0.3, -0.25) is 19.1 Å². The summed E-state index contributed by atoms with van der Waals surface area (Å²) in [6.45, 7) is 4.65. The lowest BCUT2D eigenvalue weighted by Crippen LogP contribution is -2.59. The molecule has 1 aromatic heterocycles. The first-order valence-corrected chi connectivity index (χ1v) is 20.7. The molecule has 0 bridgehead atoms.